The molecule has 0 saturated heterocycles. The number of hydrogen-bond donors (Lipinski definition) is 1. The van der Waals surface area contributed by atoms with Gasteiger partial charge in [0.05, 0.1) is 12.1 Å². The van der Waals surface area contributed by atoms with Crippen LogP contribution < -0.4 is 4.90 Å². The largest absolute Gasteiger partial charge is 0.392 e. The van der Waals surface area contributed by atoms with Crippen LogP contribution in [0.4, 0.5) is 5.82 Å². The number of aliphatic hydroxyl groups is 1. The number of para-hydroxylation sites is 1. The Morgan fingerprint density at radius 1 is 1.25 bits per heavy atom. The summed E-state index contributed by atoms with van der Waals surface area (Å²) in [5.41, 5.74) is 2.03. The van der Waals surface area contributed by atoms with Crippen molar-refractivity contribution in [2.75, 3.05) is 11.9 Å². The molecular formula is C17H24N2O. The highest BCUT2D eigenvalue weighted by atomic mass is 16.3. The molecule has 108 valence electrons. The summed E-state index contributed by atoms with van der Waals surface area (Å²) >= 11 is 0. The first-order valence-corrected chi connectivity index (χ1v) is 7.07. The van der Waals surface area contributed by atoms with Gasteiger partial charge in [-0.05, 0) is 30.0 Å². The van der Waals surface area contributed by atoms with Crippen molar-refractivity contribution in [2.24, 2.45) is 5.41 Å². The summed E-state index contributed by atoms with van der Waals surface area (Å²) in [5.74, 6) is 0.912. The van der Waals surface area contributed by atoms with Crippen molar-refractivity contribution in [3.63, 3.8) is 0 Å². The van der Waals surface area contributed by atoms with Gasteiger partial charge in [0.15, 0.2) is 0 Å². The molecule has 20 heavy (non-hydrogen) atoms. The number of rotatable bonds is 3. The zero-order valence-corrected chi connectivity index (χ0v) is 13.0. The standard InChI is InChI=1S/C17H24N2O/c1-12(17(2,3)4)19(5)16-10-13(11-20)14-8-6-7-9-15(14)18-16/h6-10,12,20H,11H2,1-5H3. The molecule has 3 heteroatoms. The summed E-state index contributed by atoms with van der Waals surface area (Å²) < 4.78 is 0. The van der Waals surface area contributed by atoms with E-state index in [-0.39, 0.29) is 12.0 Å². The third-order valence-electron chi connectivity index (χ3n) is 4.15. The van der Waals surface area contributed by atoms with Crippen LogP contribution in [0, 0.1) is 5.41 Å². The molecule has 1 aromatic heterocycles. The van der Waals surface area contributed by atoms with E-state index in [1.54, 1.807) is 0 Å². The van der Waals surface area contributed by atoms with Crippen molar-refractivity contribution >= 4 is 16.7 Å². The summed E-state index contributed by atoms with van der Waals surface area (Å²) in [4.78, 5) is 6.92. The van der Waals surface area contributed by atoms with Gasteiger partial charge in [0.1, 0.15) is 5.82 Å². The predicted octanol–water partition coefficient (Wildman–Crippen LogP) is 3.60. The number of benzene rings is 1. The normalized spacial score (nSPS) is 13.5. The smallest absolute Gasteiger partial charge is 0.129 e. The fraction of sp³-hybridized carbons (Fsp3) is 0.471. The Balaban J connectivity index is 2.50. The molecule has 2 aromatic rings. The van der Waals surface area contributed by atoms with Gasteiger partial charge in [-0.2, -0.15) is 0 Å². The van der Waals surface area contributed by atoms with Crippen molar-refractivity contribution in [3.8, 4) is 0 Å². The highest BCUT2D eigenvalue weighted by Gasteiger charge is 2.25. The van der Waals surface area contributed by atoms with Crippen LogP contribution in [0.3, 0.4) is 0 Å². The Hall–Kier alpha value is -1.61. The molecule has 0 amide bonds. The van der Waals surface area contributed by atoms with Crippen molar-refractivity contribution in [1.29, 1.82) is 0 Å². The minimum absolute atomic E-state index is 0.0355. The first kappa shape index (κ1) is 14.8. The molecule has 1 aromatic carbocycles. The number of aromatic nitrogens is 1. The molecule has 0 aliphatic rings. The van der Waals surface area contributed by atoms with E-state index in [1.807, 2.05) is 30.3 Å². The van der Waals surface area contributed by atoms with Gasteiger partial charge >= 0.3 is 0 Å². The molecular weight excluding hydrogens is 248 g/mol. The zero-order chi connectivity index (χ0) is 14.9. The Morgan fingerprint density at radius 2 is 1.90 bits per heavy atom. The Labute approximate surface area is 121 Å². The van der Waals surface area contributed by atoms with Crippen LogP contribution in [-0.2, 0) is 6.61 Å². The number of nitrogens with zero attached hydrogens (tertiary/aromatic N) is 2. The average molecular weight is 272 g/mol. The maximum absolute atomic E-state index is 9.59. The Morgan fingerprint density at radius 3 is 2.50 bits per heavy atom. The lowest BCUT2D eigenvalue weighted by molar-refractivity contribution is 0.283. The van der Waals surface area contributed by atoms with E-state index >= 15 is 0 Å². The van der Waals surface area contributed by atoms with E-state index in [1.165, 1.54) is 0 Å². The van der Waals surface area contributed by atoms with E-state index in [4.69, 9.17) is 4.98 Å². The molecule has 1 atom stereocenters. The minimum Gasteiger partial charge on any atom is -0.392 e. The van der Waals surface area contributed by atoms with Gasteiger partial charge in [0, 0.05) is 18.5 Å². The van der Waals surface area contributed by atoms with Crippen LogP contribution in [0.5, 0.6) is 0 Å². The minimum atomic E-state index is 0.0355. The van der Waals surface area contributed by atoms with Crippen molar-refractivity contribution in [1.82, 2.24) is 4.98 Å². The topological polar surface area (TPSA) is 36.4 Å². The van der Waals surface area contributed by atoms with Crippen LogP contribution in [0.1, 0.15) is 33.3 Å². The predicted molar refractivity (Wildman–Crippen MR) is 85.0 cm³/mol. The van der Waals surface area contributed by atoms with E-state index in [2.05, 4.69) is 39.6 Å². The third-order valence-corrected chi connectivity index (χ3v) is 4.15. The molecule has 1 unspecified atom stereocenters. The van der Waals surface area contributed by atoms with E-state index in [0.29, 0.717) is 6.04 Å². The lowest BCUT2D eigenvalue weighted by atomic mass is 9.87. The Kier molecular flexibility index (Phi) is 4.00. The number of fused-ring (bicyclic) bond motifs is 1. The first-order valence-electron chi connectivity index (χ1n) is 7.07. The molecule has 0 aliphatic heterocycles. The van der Waals surface area contributed by atoms with Crippen LogP contribution in [-0.4, -0.2) is 23.2 Å². The zero-order valence-electron chi connectivity index (χ0n) is 13.0. The second-order valence-corrected chi connectivity index (χ2v) is 6.47. The van der Waals surface area contributed by atoms with Crippen LogP contribution in [0.15, 0.2) is 30.3 Å². The van der Waals surface area contributed by atoms with Gasteiger partial charge in [-0.1, -0.05) is 39.0 Å². The highest BCUT2D eigenvalue weighted by molar-refractivity contribution is 5.84. The van der Waals surface area contributed by atoms with E-state index in [9.17, 15) is 5.11 Å². The summed E-state index contributed by atoms with van der Waals surface area (Å²) in [6, 6.07) is 10.3. The third kappa shape index (κ3) is 2.78. The van der Waals surface area contributed by atoms with Gasteiger partial charge in [0.2, 0.25) is 0 Å². The molecule has 2 rings (SSSR count). The van der Waals surface area contributed by atoms with Gasteiger partial charge < -0.3 is 10.0 Å². The van der Waals surface area contributed by atoms with Crippen molar-refractivity contribution < 1.29 is 5.11 Å². The lowest BCUT2D eigenvalue weighted by Gasteiger charge is -2.36. The fourth-order valence-electron chi connectivity index (χ4n) is 2.32. The Bertz CT molecular complexity index is 601. The lowest BCUT2D eigenvalue weighted by Crippen LogP contribution is -2.39. The summed E-state index contributed by atoms with van der Waals surface area (Å²) in [6.45, 7) is 8.91. The highest BCUT2D eigenvalue weighted by Crippen LogP contribution is 2.29. The quantitative estimate of drug-likeness (QED) is 0.927. The molecule has 0 saturated carbocycles. The summed E-state index contributed by atoms with van der Waals surface area (Å²) in [5, 5.41) is 10.6. The molecule has 0 aliphatic carbocycles. The van der Waals surface area contributed by atoms with Gasteiger partial charge in [0.25, 0.3) is 0 Å². The molecule has 0 bridgehead atoms. The van der Waals surface area contributed by atoms with Crippen LogP contribution in [0.25, 0.3) is 10.9 Å². The van der Waals surface area contributed by atoms with Crippen molar-refractivity contribution in [3.05, 3.63) is 35.9 Å². The van der Waals surface area contributed by atoms with Gasteiger partial charge in [-0.3, -0.25) is 0 Å². The molecule has 0 spiro atoms. The number of anilines is 1. The van der Waals surface area contributed by atoms with Crippen LogP contribution >= 0.6 is 0 Å². The molecule has 0 radical (unpaired) electrons. The molecule has 1 heterocycles. The van der Waals surface area contributed by atoms with Gasteiger partial charge in [-0.25, -0.2) is 4.98 Å². The van der Waals surface area contributed by atoms with Gasteiger partial charge in [-0.15, -0.1) is 0 Å². The first-order chi connectivity index (χ1) is 9.34. The van der Waals surface area contributed by atoms with Crippen LogP contribution in [0.2, 0.25) is 0 Å². The van der Waals surface area contributed by atoms with Crippen molar-refractivity contribution in [2.45, 2.75) is 40.3 Å². The SMILES string of the molecule is CC(N(C)c1cc(CO)c2ccccc2n1)C(C)(C)C. The summed E-state index contributed by atoms with van der Waals surface area (Å²) in [6.07, 6.45) is 0. The monoisotopic (exact) mass is 272 g/mol. The molecule has 1 N–H and O–H groups in total. The second-order valence-electron chi connectivity index (χ2n) is 6.47. The molecule has 0 fully saturated rings. The maximum Gasteiger partial charge on any atom is 0.129 e. The van der Waals surface area contributed by atoms with E-state index < -0.39 is 0 Å². The number of aliphatic hydroxyl groups excluding tert-OH is 1. The van der Waals surface area contributed by atoms with E-state index in [0.717, 1.165) is 22.3 Å². The fourth-order valence-corrected chi connectivity index (χ4v) is 2.32. The number of hydrogen-bond acceptors (Lipinski definition) is 3. The maximum atomic E-state index is 9.59. The number of pyridine rings is 1. The second kappa shape index (κ2) is 5.41. The summed E-state index contributed by atoms with van der Waals surface area (Å²) in [7, 11) is 2.06. The molecule has 3 nitrogen and oxygen atoms in total. The average Bonchev–Trinajstić information content (AvgIpc) is 2.43.